The summed E-state index contributed by atoms with van der Waals surface area (Å²) in [5.41, 5.74) is 1.95. The minimum atomic E-state index is -1.09. The number of ether oxygens (including phenoxy) is 1. The molecule has 0 heterocycles. The second-order valence-electron chi connectivity index (χ2n) is 6.20. The standard InChI is InChI=1S/C21H24N2O5S/c24-19(11-12-22-21(27)28-13-16-7-3-1-4-8-16)23-18(20(25)26)15-29-14-17-9-5-2-6-10-17/h1-10,18H,11-15H2,(H,22,27)(H,23,24)(H,25,26)/t18-/m0/s1. The van der Waals surface area contributed by atoms with Crippen molar-refractivity contribution in [3.8, 4) is 0 Å². The Morgan fingerprint density at radius 1 is 0.966 bits per heavy atom. The Kier molecular flexibility index (Phi) is 9.57. The van der Waals surface area contributed by atoms with Crippen LogP contribution in [-0.4, -0.2) is 41.4 Å². The molecule has 2 amide bonds. The Bertz CT molecular complexity index is 786. The van der Waals surface area contributed by atoms with Gasteiger partial charge in [-0.05, 0) is 11.1 Å². The molecule has 0 saturated heterocycles. The number of amides is 2. The van der Waals surface area contributed by atoms with Crippen molar-refractivity contribution in [1.29, 1.82) is 0 Å². The molecule has 0 aliphatic heterocycles. The third-order valence-electron chi connectivity index (χ3n) is 3.86. The maximum Gasteiger partial charge on any atom is 0.407 e. The molecule has 2 aromatic carbocycles. The molecule has 0 aromatic heterocycles. The lowest BCUT2D eigenvalue weighted by molar-refractivity contribution is -0.141. The van der Waals surface area contributed by atoms with Crippen LogP contribution in [0.1, 0.15) is 17.5 Å². The van der Waals surface area contributed by atoms with E-state index in [0.717, 1.165) is 11.1 Å². The van der Waals surface area contributed by atoms with Gasteiger partial charge in [-0.25, -0.2) is 9.59 Å². The van der Waals surface area contributed by atoms with Crippen molar-refractivity contribution in [1.82, 2.24) is 10.6 Å². The van der Waals surface area contributed by atoms with Crippen LogP contribution in [0.2, 0.25) is 0 Å². The molecule has 0 saturated carbocycles. The normalized spacial score (nSPS) is 11.3. The van der Waals surface area contributed by atoms with Crippen LogP contribution < -0.4 is 10.6 Å². The third-order valence-corrected chi connectivity index (χ3v) is 4.97. The third kappa shape index (κ3) is 9.16. The SMILES string of the molecule is O=C(CCNC(=O)OCc1ccccc1)N[C@@H](CSCc1ccccc1)C(=O)O. The average molecular weight is 416 g/mol. The van der Waals surface area contributed by atoms with Gasteiger partial charge < -0.3 is 20.5 Å². The van der Waals surface area contributed by atoms with E-state index in [-0.39, 0.29) is 25.3 Å². The van der Waals surface area contributed by atoms with Gasteiger partial charge in [0.2, 0.25) is 5.91 Å². The fourth-order valence-electron chi connectivity index (χ4n) is 2.36. The van der Waals surface area contributed by atoms with E-state index in [0.29, 0.717) is 5.75 Å². The number of hydrogen-bond acceptors (Lipinski definition) is 5. The minimum absolute atomic E-state index is 0.0342. The molecule has 0 radical (unpaired) electrons. The number of thioether (sulfide) groups is 1. The summed E-state index contributed by atoms with van der Waals surface area (Å²) in [5.74, 6) is -0.618. The van der Waals surface area contributed by atoms with Gasteiger partial charge in [0.05, 0.1) is 0 Å². The lowest BCUT2D eigenvalue weighted by atomic mass is 10.2. The maximum atomic E-state index is 12.0. The first-order valence-corrected chi connectivity index (χ1v) is 10.3. The number of aliphatic carboxylic acids is 1. The quantitative estimate of drug-likeness (QED) is 0.520. The van der Waals surface area contributed by atoms with Gasteiger partial charge >= 0.3 is 12.1 Å². The van der Waals surface area contributed by atoms with Crippen molar-refractivity contribution in [2.45, 2.75) is 24.8 Å². The number of alkyl carbamates (subject to hydrolysis) is 1. The lowest BCUT2D eigenvalue weighted by Gasteiger charge is -2.14. The van der Waals surface area contributed by atoms with E-state index in [2.05, 4.69) is 10.6 Å². The summed E-state index contributed by atoms with van der Waals surface area (Å²) in [7, 11) is 0. The van der Waals surface area contributed by atoms with Gasteiger partial charge in [-0.15, -0.1) is 0 Å². The smallest absolute Gasteiger partial charge is 0.407 e. The summed E-state index contributed by atoms with van der Waals surface area (Å²) in [6, 6.07) is 17.9. The molecule has 1 atom stereocenters. The molecular weight excluding hydrogens is 392 g/mol. The molecule has 7 nitrogen and oxygen atoms in total. The molecule has 0 spiro atoms. The highest BCUT2D eigenvalue weighted by Gasteiger charge is 2.19. The highest BCUT2D eigenvalue weighted by Crippen LogP contribution is 2.13. The lowest BCUT2D eigenvalue weighted by Crippen LogP contribution is -2.43. The van der Waals surface area contributed by atoms with E-state index >= 15 is 0 Å². The molecule has 2 aromatic rings. The van der Waals surface area contributed by atoms with Gasteiger partial charge in [-0.3, -0.25) is 4.79 Å². The van der Waals surface area contributed by atoms with Gasteiger partial charge in [0.15, 0.2) is 0 Å². The second kappa shape index (κ2) is 12.5. The van der Waals surface area contributed by atoms with Gasteiger partial charge in [0.1, 0.15) is 12.6 Å². The molecule has 0 aliphatic carbocycles. The second-order valence-corrected chi connectivity index (χ2v) is 7.23. The van der Waals surface area contributed by atoms with Crippen LogP contribution in [0.4, 0.5) is 4.79 Å². The average Bonchev–Trinajstić information content (AvgIpc) is 2.73. The van der Waals surface area contributed by atoms with Crippen molar-refractivity contribution in [2.24, 2.45) is 0 Å². The van der Waals surface area contributed by atoms with Crippen LogP contribution >= 0.6 is 11.8 Å². The monoisotopic (exact) mass is 416 g/mol. The van der Waals surface area contributed by atoms with Crippen LogP contribution in [-0.2, 0) is 26.7 Å². The van der Waals surface area contributed by atoms with Crippen molar-refractivity contribution >= 4 is 29.7 Å². The number of carboxylic acids is 1. The Morgan fingerprint density at radius 2 is 1.59 bits per heavy atom. The van der Waals surface area contributed by atoms with E-state index < -0.39 is 24.0 Å². The van der Waals surface area contributed by atoms with Gasteiger partial charge in [-0.1, -0.05) is 60.7 Å². The number of carbonyl (C=O) groups is 3. The molecule has 0 unspecified atom stereocenters. The first-order chi connectivity index (χ1) is 14.0. The maximum absolute atomic E-state index is 12.0. The summed E-state index contributed by atoms with van der Waals surface area (Å²) in [4.78, 5) is 35.0. The first kappa shape index (κ1) is 22.3. The van der Waals surface area contributed by atoms with Gasteiger partial charge in [0.25, 0.3) is 0 Å². The van der Waals surface area contributed by atoms with Crippen molar-refractivity contribution in [3.63, 3.8) is 0 Å². The predicted molar refractivity (Wildman–Crippen MR) is 111 cm³/mol. The molecule has 0 fully saturated rings. The zero-order valence-corrected chi connectivity index (χ0v) is 16.7. The van der Waals surface area contributed by atoms with E-state index in [4.69, 9.17) is 4.74 Å². The molecule has 29 heavy (non-hydrogen) atoms. The number of benzene rings is 2. The van der Waals surface area contributed by atoms with Crippen LogP contribution in [0.25, 0.3) is 0 Å². The van der Waals surface area contributed by atoms with Gasteiger partial charge in [0, 0.05) is 24.5 Å². The zero-order valence-electron chi connectivity index (χ0n) is 15.9. The number of carbonyl (C=O) groups excluding carboxylic acids is 2. The fourth-order valence-corrected chi connectivity index (χ4v) is 3.37. The van der Waals surface area contributed by atoms with E-state index in [1.807, 2.05) is 60.7 Å². The van der Waals surface area contributed by atoms with E-state index in [9.17, 15) is 19.5 Å². The Labute approximate surface area is 173 Å². The largest absolute Gasteiger partial charge is 0.480 e. The number of hydrogen-bond donors (Lipinski definition) is 3. The summed E-state index contributed by atoms with van der Waals surface area (Å²) >= 11 is 1.43. The molecule has 8 heteroatoms. The predicted octanol–water partition coefficient (Wildman–Crippen LogP) is 2.81. The highest BCUT2D eigenvalue weighted by atomic mass is 32.2. The summed E-state index contributed by atoms with van der Waals surface area (Å²) in [6.07, 6.45) is -0.664. The fraction of sp³-hybridized carbons (Fsp3) is 0.286. The zero-order chi connectivity index (χ0) is 20.9. The van der Waals surface area contributed by atoms with Crippen LogP contribution in [0.15, 0.2) is 60.7 Å². The molecule has 3 N–H and O–H groups in total. The summed E-state index contributed by atoms with van der Waals surface area (Å²) in [6.45, 7) is 0.196. The topological polar surface area (TPSA) is 105 Å². The van der Waals surface area contributed by atoms with Crippen LogP contribution in [0.3, 0.4) is 0 Å². The molecule has 0 bridgehead atoms. The van der Waals surface area contributed by atoms with Crippen molar-refractivity contribution in [2.75, 3.05) is 12.3 Å². The van der Waals surface area contributed by atoms with Crippen LogP contribution in [0, 0.1) is 0 Å². The Hall–Kier alpha value is -3.00. The molecule has 0 aliphatic rings. The molecule has 154 valence electrons. The summed E-state index contributed by atoms with van der Waals surface area (Å²) < 4.78 is 5.05. The van der Waals surface area contributed by atoms with Crippen LogP contribution in [0.5, 0.6) is 0 Å². The Balaban J connectivity index is 1.63. The van der Waals surface area contributed by atoms with Crippen molar-refractivity contribution < 1.29 is 24.2 Å². The molecule has 2 rings (SSSR count). The highest BCUT2D eigenvalue weighted by molar-refractivity contribution is 7.98. The number of nitrogens with one attached hydrogen (secondary N) is 2. The minimum Gasteiger partial charge on any atom is -0.480 e. The molecular formula is C21H24N2O5S. The number of carboxylic acid groups (broad SMARTS) is 1. The van der Waals surface area contributed by atoms with Crippen molar-refractivity contribution in [3.05, 3.63) is 71.8 Å². The summed E-state index contributed by atoms with van der Waals surface area (Å²) in [5, 5.41) is 14.3. The van der Waals surface area contributed by atoms with Gasteiger partial charge in [-0.2, -0.15) is 11.8 Å². The van der Waals surface area contributed by atoms with E-state index in [1.165, 1.54) is 11.8 Å². The van der Waals surface area contributed by atoms with E-state index in [1.54, 1.807) is 0 Å². The first-order valence-electron chi connectivity index (χ1n) is 9.13. The Morgan fingerprint density at radius 3 is 2.21 bits per heavy atom. The number of rotatable bonds is 11.